The summed E-state index contributed by atoms with van der Waals surface area (Å²) >= 11 is 0. The number of hydrogen-bond donors (Lipinski definition) is 0. The molecule has 3 aromatic carbocycles. The van der Waals surface area contributed by atoms with Crippen LogP contribution in [-0.4, -0.2) is 25.2 Å². The molecular weight excluding hydrogens is 358 g/mol. The number of methoxy groups -OCH3 is 2. The minimum Gasteiger partial charge on any atom is -0.497 e. The lowest BCUT2D eigenvalue weighted by Gasteiger charge is -2.06. The fourth-order valence-corrected chi connectivity index (χ4v) is 2.82. The van der Waals surface area contributed by atoms with Crippen LogP contribution in [0.5, 0.6) is 17.2 Å². The van der Waals surface area contributed by atoms with E-state index in [4.69, 9.17) is 18.6 Å². The highest BCUT2D eigenvalue weighted by Crippen LogP contribution is 2.31. The fourth-order valence-electron chi connectivity index (χ4n) is 2.82. The van der Waals surface area contributed by atoms with Crippen molar-refractivity contribution >= 4 is 17.1 Å². The second-order valence-corrected chi connectivity index (χ2v) is 5.96. The largest absolute Gasteiger partial charge is 0.497 e. The highest BCUT2D eigenvalue weighted by Gasteiger charge is 2.17. The van der Waals surface area contributed by atoms with Crippen molar-refractivity contribution in [3.8, 4) is 28.7 Å². The standard InChI is InChI=1S/C22H17NO5/c1-25-14-7-9-15(10-8-14)27-16-11-12-20-19(13-16)23-21(28-20)17-5-3-4-6-18(17)22(24)26-2/h3-13H,1-2H3. The molecule has 0 N–H and O–H groups in total. The molecule has 0 aliphatic heterocycles. The zero-order valence-corrected chi connectivity index (χ0v) is 15.3. The summed E-state index contributed by atoms with van der Waals surface area (Å²) < 4.78 is 21.7. The molecule has 6 heteroatoms. The molecule has 0 fully saturated rings. The van der Waals surface area contributed by atoms with Gasteiger partial charge in [-0.3, -0.25) is 0 Å². The molecule has 0 bridgehead atoms. The van der Waals surface area contributed by atoms with Gasteiger partial charge in [0.1, 0.15) is 22.8 Å². The Morgan fingerprint density at radius 2 is 1.61 bits per heavy atom. The molecule has 0 radical (unpaired) electrons. The molecule has 0 spiro atoms. The molecule has 0 atom stereocenters. The lowest BCUT2D eigenvalue weighted by Crippen LogP contribution is -2.03. The van der Waals surface area contributed by atoms with Crippen LogP contribution in [-0.2, 0) is 4.74 Å². The maximum absolute atomic E-state index is 12.0. The van der Waals surface area contributed by atoms with E-state index in [0.29, 0.717) is 39.6 Å². The number of benzene rings is 3. The Kier molecular flexibility index (Phi) is 4.68. The van der Waals surface area contributed by atoms with Gasteiger partial charge < -0.3 is 18.6 Å². The van der Waals surface area contributed by atoms with Crippen LogP contribution < -0.4 is 9.47 Å². The summed E-state index contributed by atoms with van der Waals surface area (Å²) in [7, 11) is 2.96. The summed E-state index contributed by atoms with van der Waals surface area (Å²) in [5.41, 5.74) is 2.19. The first-order chi connectivity index (χ1) is 13.7. The van der Waals surface area contributed by atoms with Gasteiger partial charge in [-0.2, -0.15) is 0 Å². The van der Waals surface area contributed by atoms with Gasteiger partial charge in [-0.05, 0) is 48.5 Å². The van der Waals surface area contributed by atoms with Gasteiger partial charge in [-0.1, -0.05) is 12.1 Å². The molecule has 4 rings (SSSR count). The number of oxazole rings is 1. The number of hydrogen-bond acceptors (Lipinski definition) is 6. The maximum Gasteiger partial charge on any atom is 0.338 e. The Bertz CT molecular complexity index is 1130. The lowest BCUT2D eigenvalue weighted by atomic mass is 10.1. The average Bonchev–Trinajstić information content (AvgIpc) is 3.17. The van der Waals surface area contributed by atoms with Crippen LogP contribution >= 0.6 is 0 Å². The van der Waals surface area contributed by atoms with Crippen LogP contribution in [0.25, 0.3) is 22.6 Å². The third-order valence-electron chi connectivity index (χ3n) is 4.22. The molecule has 1 heterocycles. The van der Waals surface area contributed by atoms with Gasteiger partial charge in [-0.15, -0.1) is 0 Å². The minimum atomic E-state index is -0.443. The Hall–Kier alpha value is -3.80. The van der Waals surface area contributed by atoms with Crippen molar-refractivity contribution in [2.45, 2.75) is 0 Å². The fraction of sp³-hybridized carbons (Fsp3) is 0.0909. The highest BCUT2D eigenvalue weighted by molar-refractivity contribution is 5.96. The third-order valence-corrected chi connectivity index (χ3v) is 4.22. The Morgan fingerprint density at radius 1 is 0.893 bits per heavy atom. The number of rotatable bonds is 5. The van der Waals surface area contributed by atoms with Crippen LogP contribution in [0.2, 0.25) is 0 Å². The van der Waals surface area contributed by atoms with Crippen molar-refractivity contribution in [1.29, 1.82) is 0 Å². The molecule has 0 aliphatic carbocycles. The second kappa shape index (κ2) is 7.44. The number of carbonyl (C=O) groups is 1. The normalized spacial score (nSPS) is 10.6. The van der Waals surface area contributed by atoms with Crippen LogP contribution in [0.4, 0.5) is 0 Å². The first kappa shape index (κ1) is 17.6. The Morgan fingerprint density at radius 3 is 2.36 bits per heavy atom. The molecule has 140 valence electrons. The summed E-state index contributed by atoms with van der Waals surface area (Å²) in [5.74, 6) is 1.96. The van der Waals surface area contributed by atoms with Crippen molar-refractivity contribution in [1.82, 2.24) is 4.98 Å². The van der Waals surface area contributed by atoms with Gasteiger partial charge in [-0.25, -0.2) is 9.78 Å². The topological polar surface area (TPSA) is 70.8 Å². The summed E-state index contributed by atoms with van der Waals surface area (Å²) in [4.78, 5) is 16.5. The van der Waals surface area contributed by atoms with Gasteiger partial charge in [0.2, 0.25) is 5.89 Å². The summed E-state index contributed by atoms with van der Waals surface area (Å²) in [6.45, 7) is 0. The third kappa shape index (κ3) is 3.40. The molecule has 28 heavy (non-hydrogen) atoms. The monoisotopic (exact) mass is 375 g/mol. The molecule has 6 nitrogen and oxygen atoms in total. The van der Waals surface area contributed by atoms with Crippen LogP contribution in [0.1, 0.15) is 10.4 Å². The zero-order valence-electron chi connectivity index (χ0n) is 15.3. The van der Waals surface area contributed by atoms with Gasteiger partial charge >= 0.3 is 5.97 Å². The van der Waals surface area contributed by atoms with Gasteiger partial charge in [0.25, 0.3) is 0 Å². The van der Waals surface area contributed by atoms with Crippen molar-refractivity contribution < 1.29 is 23.4 Å². The van der Waals surface area contributed by atoms with Crippen molar-refractivity contribution in [3.63, 3.8) is 0 Å². The number of fused-ring (bicyclic) bond motifs is 1. The Labute approximate surface area is 161 Å². The predicted molar refractivity (Wildman–Crippen MR) is 104 cm³/mol. The quantitative estimate of drug-likeness (QED) is 0.453. The molecule has 1 aromatic heterocycles. The van der Waals surface area contributed by atoms with E-state index in [9.17, 15) is 4.79 Å². The number of ether oxygens (including phenoxy) is 3. The Balaban J connectivity index is 1.66. The van der Waals surface area contributed by atoms with E-state index in [2.05, 4.69) is 4.98 Å². The van der Waals surface area contributed by atoms with E-state index in [-0.39, 0.29) is 0 Å². The van der Waals surface area contributed by atoms with E-state index in [1.54, 1.807) is 43.5 Å². The van der Waals surface area contributed by atoms with Crippen LogP contribution in [0, 0.1) is 0 Å². The maximum atomic E-state index is 12.0. The average molecular weight is 375 g/mol. The van der Waals surface area contributed by atoms with Gasteiger partial charge in [0.15, 0.2) is 5.58 Å². The SMILES string of the molecule is COC(=O)c1ccccc1-c1nc2cc(Oc3ccc(OC)cc3)ccc2o1. The number of aromatic nitrogens is 1. The predicted octanol–water partition coefficient (Wildman–Crippen LogP) is 5.08. The number of nitrogens with zero attached hydrogens (tertiary/aromatic N) is 1. The molecule has 0 amide bonds. The highest BCUT2D eigenvalue weighted by atomic mass is 16.5. The van der Waals surface area contributed by atoms with Crippen LogP contribution in [0.3, 0.4) is 0 Å². The zero-order chi connectivity index (χ0) is 19.5. The van der Waals surface area contributed by atoms with E-state index in [1.165, 1.54) is 7.11 Å². The van der Waals surface area contributed by atoms with Gasteiger partial charge in [0, 0.05) is 6.07 Å². The van der Waals surface area contributed by atoms with E-state index in [1.807, 2.05) is 30.3 Å². The van der Waals surface area contributed by atoms with E-state index >= 15 is 0 Å². The summed E-state index contributed by atoms with van der Waals surface area (Å²) in [5, 5.41) is 0. The first-order valence-corrected chi connectivity index (χ1v) is 8.58. The van der Waals surface area contributed by atoms with Crippen LogP contribution in [0.15, 0.2) is 71.1 Å². The lowest BCUT2D eigenvalue weighted by molar-refractivity contribution is 0.0601. The summed E-state index contributed by atoms with van der Waals surface area (Å²) in [6.07, 6.45) is 0. The molecule has 0 saturated carbocycles. The molecular formula is C22H17NO5. The van der Waals surface area contributed by atoms with Crippen molar-refractivity contribution in [2.24, 2.45) is 0 Å². The number of carbonyl (C=O) groups excluding carboxylic acids is 1. The van der Waals surface area contributed by atoms with Crippen molar-refractivity contribution in [2.75, 3.05) is 14.2 Å². The molecule has 0 saturated heterocycles. The van der Waals surface area contributed by atoms with Crippen molar-refractivity contribution in [3.05, 3.63) is 72.3 Å². The second-order valence-electron chi connectivity index (χ2n) is 5.96. The number of esters is 1. The van der Waals surface area contributed by atoms with Gasteiger partial charge in [0.05, 0.1) is 25.3 Å². The van der Waals surface area contributed by atoms with E-state index in [0.717, 1.165) is 5.75 Å². The molecule has 0 aliphatic rings. The minimum absolute atomic E-state index is 0.345. The first-order valence-electron chi connectivity index (χ1n) is 8.58. The van der Waals surface area contributed by atoms with E-state index < -0.39 is 5.97 Å². The molecule has 4 aromatic rings. The summed E-state index contributed by atoms with van der Waals surface area (Å²) in [6, 6.07) is 19.7. The smallest absolute Gasteiger partial charge is 0.338 e. The molecule has 0 unspecified atom stereocenters.